The molecule has 3 aromatic rings. The molecule has 0 aliphatic rings. The van der Waals surface area contributed by atoms with Gasteiger partial charge < -0.3 is 20.1 Å². The van der Waals surface area contributed by atoms with Gasteiger partial charge in [-0.05, 0) is 48.9 Å². The first-order valence-electron chi connectivity index (χ1n) is 9.62. The van der Waals surface area contributed by atoms with Crippen LogP contribution >= 0.6 is 11.8 Å². The third kappa shape index (κ3) is 5.79. The first-order valence-corrected chi connectivity index (χ1v) is 10.6. The predicted octanol–water partition coefficient (Wildman–Crippen LogP) is 5.00. The highest BCUT2D eigenvalue weighted by molar-refractivity contribution is 8.00. The Kier molecular flexibility index (Phi) is 7.56. The third-order valence-corrected chi connectivity index (χ3v) is 5.53. The summed E-state index contributed by atoms with van der Waals surface area (Å²) in [5.41, 5.74) is 2.75. The number of hydrogen-bond donors (Lipinski definition) is 2. The van der Waals surface area contributed by atoms with Crippen molar-refractivity contribution in [3.05, 3.63) is 77.9 Å². The van der Waals surface area contributed by atoms with Crippen LogP contribution in [0.15, 0.2) is 71.6 Å². The number of ether oxygens (including phenoxy) is 2. The Morgan fingerprint density at radius 1 is 0.871 bits per heavy atom. The van der Waals surface area contributed by atoms with Gasteiger partial charge >= 0.3 is 0 Å². The van der Waals surface area contributed by atoms with Crippen LogP contribution in [-0.2, 0) is 4.79 Å². The summed E-state index contributed by atoms with van der Waals surface area (Å²) >= 11 is 1.39. The number of carbonyl (C=O) groups is 2. The predicted molar refractivity (Wildman–Crippen MR) is 124 cm³/mol. The number of rotatable bonds is 8. The zero-order valence-electron chi connectivity index (χ0n) is 17.6. The van der Waals surface area contributed by atoms with Gasteiger partial charge in [-0.1, -0.05) is 30.3 Å². The molecule has 0 unspecified atom stereocenters. The SMILES string of the molecule is COc1cccc(OC)c1C(=O)Nc1cccc(SCC(=O)Nc2ccccc2C)c1. The fraction of sp³-hybridized carbons (Fsp3) is 0.167. The lowest BCUT2D eigenvalue weighted by molar-refractivity contribution is -0.113. The second kappa shape index (κ2) is 10.5. The molecule has 0 heterocycles. The average molecular weight is 437 g/mol. The number of thioether (sulfide) groups is 1. The van der Waals surface area contributed by atoms with Crippen LogP contribution in [0.2, 0.25) is 0 Å². The van der Waals surface area contributed by atoms with E-state index in [2.05, 4.69) is 10.6 Å². The van der Waals surface area contributed by atoms with Gasteiger partial charge in [0.15, 0.2) is 0 Å². The van der Waals surface area contributed by atoms with Crippen molar-refractivity contribution in [2.24, 2.45) is 0 Å². The topological polar surface area (TPSA) is 76.7 Å². The second-order valence-electron chi connectivity index (χ2n) is 6.67. The van der Waals surface area contributed by atoms with Gasteiger partial charge in [0, 0.05) is 16.3 Å². The highest BCUT2D eigenvalue weighted by Gasteiger charge is 2.18. The molecule has 0 atom stereocenters. The van der Waals surface area contributed by atoms with Crippen LogP contribution in [-0.4, -0.2) is 31.8 Å². The van der Waals surface area contributed by atoms with E-state index < -0.39 is 0 Å². The number of anilines is 2. The van der Waals surface area contributed by atoms with E-state index in [0.29, 0.717) is 22.7 Å². The van der Waals surface area contributed by atoms with Crippen molar-refractivity contribution in [1.82, 2.24) is 0 Å². The minimum Gasteiger partial charge on any atom is -0.496 e. The van der Waals surface area contributed by atoms with E-state index in [1.165, 1.54) is 26.0 Å². The first-order chi connectivity index (χ1) is 15.0. The van der Waals surface area contributed by atoms with Gasteiger partial charge in [-0.3, -0.25) is 9.59 Å². The summed E-state index contributed by atoms with van der Waals surface area (Å²) in [4.78, 5) is 26.0. The molecular formula is C24H24N2O4S. The molecule has 0 saturated carbocycles. The van der Waals surface area contributed by atoms with Gasteiger partial charge in [0.05, 0.1) is 20.0 Å². The van der Waals surface area contributed by atoms with E-state index in [-0.39, 0.29) is 17.6 Å². The third-order valence-electron chi connectivity index (χ3n) is 4.54. The van der Waals surface area contributed by atoms with Crippen molar-refractivity contribution in [1.29, 1.82) is 0 Å². The van der Waals surface area contributed by atoms with Gasteiger partial charge in [-0.2, -0.15) is 0 Å². The molecule has 3 rings (SSSR count). The smallest absolute Gasteiger partial charge is 0.263 e. The van der Waals surface area contributed by atoms with Gasteiger partial charge in [-0.25, -0.2) is 0 Å². The largest absolute Gasteiger partial charge is 0.496 e. The van der Waals surface area contributed by atoms with Crippen molar-refractivity contribution in [2.45, 2.75) is 11.8 Å². The number of nitrogens with one attached hydrogen (secondary N) is 2. The molecule has 3 aromatic carbocycles. The highest BCUT2D eigenvalue weighted by Crippen LogP contribution is 2.30. The van der Waals surface area contributed by atoms with Crippen molar-refractivity contribution >= 4 is 35.0 Å². The van der Waals surface area contributed by atoms with Gasteiger partial charge in [-0.15, -0.1) is 11.8 Å². The lowest BCUT2D eigenvalue weighted by Crippen LogP contribution is -2.15. The Hall–Kier alpha value is -3.45. The molecule has 7 heteroatoms. The van der Waals surface area contributed by atoms with E-state index in [0.717, 1.165) is 16.1 Å². The van der Waals surface area contributed by atoms with Crippen molar-refractivity contribution in [3.63, 3.8) is 0 Å². The van der Waals surface area contributed by atoms with Crippen LogP contribution in [0.3, 0.4) is 0 Å². The van der Waals surface area contributed by atoms with Crippen LogP contribution in [0.4, 0.5) is 11.4 Å². The first kappa shape index (κ1) is 22.2. The van der Waals surface area contributed by atoms with E-state index in [4.69, 9.17) is 9.47 Å². The second-order valence-corrected chi connectivity index (χ2v) is 7.72. The standard InChI is InChI=1S/C24H24N2O4S/c1-16-8-4-5-11-19(16)26-22(27)15-31-18-10-6-9-17(14-18)25-24(28)23-20(29-2)12-7-13-21(23)30-3/h4-14H,15H2,1-3H3,(H,25,28)(H,26,27). The molecule has 2 N–H and O–H groups in total. The summed E-state index contributed by atoms with van der Waals surface area (Å²) in [5.74, 6) is 0.679. The summed E-state index contributed by atoms with van der Waals surface area (Å²) in [6.07, 6.45) is 0. The number of carbonyl (C=O) groups excluding carboxylic acids is 2. The zero-order chi connectivity index (χ0) is 22.2. The van der Waals surface area contributed by atoms with E-state index in [1.54, 1.807) is 24.3 Å². The molecule has 0 aliphatic heterocycles. The van der Waals surface area contributed by atoms with Crippen molar-refractivity contribution in [3.8, 4) is 11.5 Å². The quantitative estimate of drug-likeness (QED) is 0.486. The molecule has 160 valence electrons. The lowest BCUT2D eigenvalue weighted by Gasteiger charge is -2.13. The fourth-order valence-corrected chi connectivity index (χ4v) is 3.74. The summed E-state index contributed by atoms with van der Waals surface area (Å²) in [6.45, 7) is 1.95. The van der Waals surface area contributed by atoms with Gasteiger partial charge in [0.25, 0.3) is 5.91 Å². The minimum absolute atomic E-state index is 0.0903. The molecule has 0 saturated heterocycles. The number of methoxy groups -OCH3 is 2. The monoisotopic (exact) mass is 436 g/mol. The number of aryl methyl sites for hydroxylation is 1. The molecule has 0 spiro atoms. The fourth-order valence-electron chi connectivity index (χ4n) is 2.98. The maximum absolute atomic E-state index is 12.8. The van der Waals surface area contributed by atoms with E-state index in [1.807, 2.05) is 49.4 Å². The lowest BCUT2D eigenvalue weighted by atomic mass is 10.1. The van der Waals surface area contributed by atoms with Crippen LogP contribution < -0.4 is 20.1 Å². The van der Waals surface area contributed by atoms with E-state index >= 15 is 0 Å². The summed E-state index contributed by atoms with van der Waals surface area (Å²) in [5, 5.41) is 5.79. The van der Waals surface area contributed by atoms with Crippen molar-refractivity contribution < 1.29 is 19.1 Å². The molecule has 0 bridgehead atoms. The van der Waals surface area contributed by atoms with Crippen LogP contribution in [0.1, 0.15) is 15.9 Å². The number of para-hydroxylation sites is 1. The van der Waals surface area contributed by atoms with Crippen molar-refractivity contribution in [2.75, 3.05) is 30.6 Å². The molecule has 0 fully saturated rings. The molecule has 0 aromatic heterocycles. The van der Waals surface area contributed by atoms with Gasteiger partial charge in [0.1, 0.15) is 17.1 Å². The normalized spacial score (nSPS) is 10.3. The van der Waals surface area contributed by atoms with E-state index in [9.17, 15) is 9.59 Å². The maximum atomic E-state index is 12.8. The maximum Gasteiger partial charge on any atom is 0.263 e. The zero-order valence-corrected chi connectivity index (χ0v) is 18.4. The molecule has 2 amide bonds. The number of hydrogen-bond acceptors (Lipinski definition) is 5. The Balaban J connectivity index is 1.65. The Labute approximate surface area is 186 Å². The van der Waals surface area contributed by atoms with Gasteiger partial charge in [0.2, 0.25) is 5.91 Å². The minimum atomic E-state index is -0.339. The molecule has 0 radical (unpaired) electrons. The Bertz CT molecular complexity index is 1060. The number of amides is 2. The van der Waals surface area contributed by atoms with Crippen LogP contribution in [0, 0.1) is 6.92 Å². The highest BCUT2D eigenvalue weighted by atomic mass is 32.2. The van der Waals surface area contributed by atoms with Crippen LogP contribution in [0.5, 0.6) is 11.5 Å². The molecule has 6 nitrogen and oxygen atoms in total. The molecular weight excluding hydrogens is 412 g/mol. The summed E-state index contributed by atoms with van der Waals surface area (Å²) < 4.78 is 10.6. The summed E-state index contributed by atoms with van der Waals surface area (Å²) in [7, 11) is 3.01. The number of benzene rings is 3. The summed E-state index contributed by atoms with van der Waals surface area (Å²) in [6, 6.07) is 20.1. The average Bonchev–Trinajstić information content (AvgIpc) is 2.78. The molecule has 0 aliphatic carbocycles. The Morgan fingerprint density at radius 3 is 2.23 bits per heavy atom. The molecule has 31 heavy (non-hydrogen) atoms. The Morgan fingerprint density at radius 2 is 1.55 bits per heavy atom. The van der Waals surface area contributed by atoms with Crippen LogP contribution in [0.25, 0.3) is 0 Å².